The Morgan fingerprint density at radius 1 is 0.810 bits per heavy atom. The summed E-state index contributed by atoms with van der Waals surface area (Å²) in [4.78, 5) is 0. The van der Waals surface area contributed by atoms with Crippen molar-refractivity contribution in [2.75, 3.05) is 0 Å². The van der Waals surface area contributed by atoms with Crippen LogP contribution in [0.15, 0.2) is 36.4 Å². The Labute approximate surface area is 147 Å². The first-order chi connectivity index (χ1) is 10.2. The fraction of sp³-hybridized carbons (Fsp3) is 0.444. The maximum absolute atomic E-state index is 4.89. The quantitative estimate of drug-likeness (QED) is 0.434. The van der Waals surface area contributed by atoms with E-state index in [2.05, 4.69) is 64.1 Å². The van der Waals surface area contributed by atoms with Crippen LogP contribution in [0.5, 0.6) is 0 Å². The topological polar surface area (TPSA) is 0 Å². The molecular weight excluding hydrogens is 335 g/mol. The van der Waals surface area contributed by atoms with Crippen LogP contribution in [0.4, 0.5) is 0 Å². The van der Waals surface area contributed by atoms with Crippen molar-refractivity contribution in [1.29, 1.82) is 0 Å². The van der Waals surface area contributed by atoms with Gasteiger partial charge in [-0.15, -0.1) is 0 Å². The molecule has 0 bridgehead atoms. The Bertz CT molecular complexity index is 378. The van der Waals surface area contributed by atoms with Gasteiger partial charge in [0.05, 0.1) is 0 Å². The molecular formula is C18H26Cl2Ti-2. The molecule has 0 nitrogen and oxygen atoms in total. The first kappa shape index (κ1) is 21.0. The van der Waals surface area contributed by atoms with Gasteiger partial charge in [-0.2, -0.15) is 34.4 Å². The van der Waals surface area contributed by atoms with Crippen LogP contribution in [0.3, 0.4) is 0 Å². The molecule has 3 heteroatoms. The van der Waals surface area contributed by atoms with Crippen LogP contribution in [-0.4, -0.2) is 0 Å². The monoisotopic (exact) mass is 360 g/mol. The van der Waals surface area contributed by atoms with Gasteiger partial charge in [-0.25, -0.2) is 24.3 Å². The van der Waals surface area contributed by atoms with Gasteiger partial charge in [0, 0.05) is 0 Å². The Morgan fingerprint density at radius 3 is 1.33 bits per heavy atom. The zero-order valence-corrected chi connectivity index (χ0v) is 16.6. The second-order valence-electron chi connectivity index (χ2n) is 4.64. The van der Waals surface area contributed by atoms with E-state index in [9.17, 15) is 0 Å². The summed E-state index contributed by atoms with van der Waals surface area (Å²) in [7, 11) is 9.78. The zero-order chi connectivity index (χ0) is 16.1. The Morgan fingerprint density at radius 2 is 1.14 bits per heavy atom. The van der Waals surface area contributed by atoms with Gasteiger partial charge in [0.15, 0.2) is 0 Å². The summed E-state index contributed by atoms with van der Waals surface area (Å²) in [5, 5.41) is 0. The average molecular weight is 361 g/mol. The molecule has 0 N–H and O–H groups in total. The van der Waals surface area contributed by atoms with Crippen LogP contribution in [0, 0.1) is 0 Å². The standard InChI is InChI=1S/2C9H13.2ClH.Ti/c2*1-3-8-6-5-7-9(8)4-2;;;/h2*5-7H,3-4H2,1-2H3;2*1H;/q2*-1;;;+2/p-2. The third kappa shape index (κ3) is 8.26. The Hall–Kier alpha value is -0.00571. The van der Waals surface area contributed by atoms with Gasteiger partial charge in [-0.1, -0.05) is 53.4 Å². The molecule has 0 amide bonds. The SMILES string of the molecule is CCc1ccc[c-]1CC.CCc1ccc[c-]1CC.[Cl][Ti][Cl]. The van der Waals surface area contributed by atoms with E-state index in [-0.39, 0.29) is 0 Å². The molecule has 0 aromatic heterocycles. The molecule has 118 valence electrons. The molecule has 0 aliphatic heterocycles. The van der Waals surface area contributed by atoms with E-state index in [4.69, 9.17) is 18.6 Å². The Balaban J connectivity index is 0.000000322. The summed E-state index contributed by atoms with van der Waals surface area (Å²) in [5.74, 6) is 0. The Kier molecular flexibility index (Phi) is 13.6. The van der Waals surface area contributed by atoms with Crippen molar-refractivity contribution in [3.05, 3.63) is 58.7 Å². The fourth-order valence-corrected chi connectivity index (χ4v) is 2.37. The van der Waals surface area contributed by atoms with E-state index in [0.717, 1.165) is 0 Å². The number of rotatable bonds is 4. The van der Waals surface area contributed by atoms with Crippen LogP contribution < -0.4 is 0 Å². The molecule has 2 aromatic rings. The number of hydrogen-bond donors (Lipinski definition) is 0. The molecule has 0 saturated carbocycles. The first-order valence-corrected chi connectivity index (χ1v) is 11.9. The van der Waals surface area contributed by atoms with Crippen molar-refractivity contribution < 1.29 is 17.0 Å². The molecule has 0 heterocycles. The van der Waals surface area contributed by atoms with Crippen molar-refractivity contribution in [3.63, 3.8) is 0 Å². The second kappa shape index (κ2) is 13.6. The number of aryl methyl sites for hydroxylation is 4. The first-order valence-electron chi connectivity index (χ1n) is 7.61. The zero-order valence-electron chi connectivity index (χ0n) is 13.5. The van der Waals surface area contributed by atoms with Gasteiger partial charge in [0.2, 0.25) is 0 Å². The molecule has 0 aliphatic carbocycles. The minimum atomic E-state index is -0.556. The molecule has 2 rings (SSSR count). The van der Waals surface area contributed by atoms with Gasteiger partial charge in [0.1, 0.15) is 0 Å². The van der Waals surface area contributed by atoms with E-state index in [0.29, 0.717) is 0 Å². The summed E-state index contributed by atoms with van der Waals surface area (Å²) in [5.41, 5.74) is 6.05. The van der Waals surface area contributed by atoms with E-state index in [1.54, 1.807) is 0 Å². The molecule has 0 saturated heterocycles. The molecule has 0 unspecified atom stereocenters. The van der Waals surface area contributed by atoms with Crippen molar-refractivity contribution >= 4 is 18.6 Å². The number of hydrogen-bond acceptors (Lipinski definition) is 0. The minimum absolute atomic E-state index is 0.556. The molecule has 2 aromatic carbocycles. The molecule has 0 radical (unpaired) electrons. The summed E-state index contributed by atoms with van der Waals surface area (Å²) in [6.45, 7) is 8.81. The van der Waals surface area contributed by atoms with Crippen molar-refractivity contribution in [3.8, 4) is 0 Å². The fourth-order valence-electron chi connectivity index (χ4n) is 2.37. The van der Waals surface area contributed by atoms with Crippen LogP contribution in [0.25, 0.3) is 0 Å². The molecule has 0 atom stereocenters. The summed E-state index contributed by atoms with van der Waals surface area (Å²) in [6, 6.07) is 13.1. The summed E-state index contributed by atoms with van der Waals surface area (Å²) < 4.78 is 0. The van der Waals surface area contributed by atoms with Gasteiger partial charge in [-0.05, 0) is 0 Å². The van der Waals surface area contributed by atoms with Crippen LogP contribution in [0.2, 0.25) is 0 Å². The van der Waals surface area contributed by atoms with Gasteiger partial charge < -0.3 is 0 Å². The van der Waals surface area contributed by atoms with Crippen molar-refractivity contribution in [1.82, 2.24) is 0 Å². The van der Waals surface area contributed by atoms with E-state index in [1.807, 2.05) is 0 Å². The van der Waals surface area contributed by atoms with Crippen LogP contribution >= 0.6 is 18.6 Å². The average Bonchev–Trinajstić information content (AvgIpc) is 3.16. The summed E-state index contributed by atoms with van der Waals surface area (Å²) in [6.07, 6.45) is 4.71. The van der Waals surface area contributed by atoms with Crippen LogP contribution in [0.1, 0.15) is 49.9 Å². The maximum atomic E-state index is 4.89. The third-order valence-electron chi connectivity index (χ3n) is 3.54. The van der Waals surface area contributed by atoms with Gasteiger partial charge in [-0.3, -0.25) is 0 Å². The van der Waals surface area contributed by atoms with Crippen LogP contribution in [-0.2, 0) is 42.7 Å². The number of halogens is 2. The molecule has 0 spiro atoms. The molecule has 0 fully saturated rings. The third-order valence-corrected chi connectivity index (χ3v) is 3.54. The normalized spacial score (nSPS) is 9.24. The van der Waals surface area contributed by atoms with E-state index < -0.39 is 17.0 Å². The predicted molar refractivity (Wildman–Crippen MR) is 93.3 cm³/mol. The van der Waals surface area contributed by atoms with Crippen molar-refractivity contribution in [2.24, 2.45) is 0 Å². The summed E-state index contributed by atoms with van der Waals surface area (Å²) >= 11 is -0.556. The van der Waals surface area contributed by atoms with E-state index in [1.165, 1.54) is 47.9 Å². The van der Waals surface area contributed by atoms with Gasteiger partial charge >= 0.3 is 35.6 Å². The molecule has 0 aliphatic rings. The molecule has 21 heavy (non-hydrogen) atoms. The van der Waals surface area contributed by atoms with Gasteiger partial charge in [0.25, 0.3) is 0 Å². The predicted octanol–water partition coefficient (Wildman–Crippen LogP) is 6.44. The van der Waals surface area contributed by atoms with Crippen molar-refractivity contribution in [2.45, 2.75) is 53.4 Å². The second-order valence-corrected chi connectivity index (χ2v) is 7.22. The van der Waals surface area contributed by atoms with E-state index >= 15 is 0 Å².